The first-order chi connectivity index (χ1) is 16.4. The van der Waals surface area contributed by atoms with Crippen molar-refractivity contribution in [1.29, 1.82) is 0 Å². The van der Waals surface area contributed by atoms with E-state index in [0.29, 0.717) is 30.4 Å². The molecule has 8 heteroatoms. The van der Waals surface area contributed by atoms with Crippen molar-refractivity contribution < 1.29 is 18.7 Å². The second-order valence-electron chi connectivity index (χ2n) is 8.16. The predicted molar refractivity (Wildman–Crippen MR) is 131 cm³/mol. The van der Waals surface area contributed by atoms with E-state index in [2.05, 4.69) is 11.6 Å². The Morgan fingerprint density at radius 2 is 2.06 bits per heavy atom. The molecule has 2 heterocycles. The molecule has 2 aliphatic heterocycles. The highest BCUT2D eigenvalue weighted by Gasteiger charge is 2.50. The number of aliphatic imine (C=N–C) groups is 1. The van der Waals surface area contributed by atoms with Crippen LogP contribution in [0.5, 0.6) is 5.75 Å². The van der Waals surface area contributed by atoms with Crippen molar-refractivity contribution in [3.8, 4) is 5.75 Å². The van der Waals surface area contributed by atoms with E-state index in [-0.39, 0.29) is 18.3 Å². The van der Waals surface area contributed by atoms with Crippen LogP contribution in [0.25, 0.3) is 6.08 Å². The second kappa shape index (κ2) is 9.52. The number of benzene rings is 2. The molecule has 4 rings (SSSR count). The number of allylic oxidation sites excluding steroid dienone is 1. The zero-order valence-corrected chi connectivity index (χ0v) is 19.2. The van der Waals surface area contributed by atoms with Crippen LogP contribution < -0.4 is 15.4 Å². The Kier molecular flexibility index (Phi) is 6.51. The molecule has 34 heavy (non-hydrogen) atoms. The molecule has 2 aliphatic rings. The number of amides is 1. The van der Waals surface area contributed by atoms with Crippen molar-refractivity contribution in [3.05, 3.63) is 90.2 Å². The van der Waals surface area contributed by atoms with Crippen molar-refractivity contribution in [1.82, 2.24) is 4.90 Å². The quantitative estimate of drug-likeness (QED) is 0.677. The van der Waals surface area contributed by atoms with Crippen LogP contribution in [-0.2, 0) is 15.1 Å². The molecule has 2 aromatic carbocycles. The second-order valence-corrected chi connectivity index (χ2v) is 8.16. The zero-order chi connectivity index (χ0) is 24.3. The van der Waals surface area contributed by atoms with E-state index in [0.717, 1.165) is 16.8 Å². The lowest BCUT2D eigenvalue weighted by Crippen LogP contribution is -2.57. The van der Waals surface area contributed by atoms with Crippen LogP contribution in [-0.4, -0.2) is 43.5 Å². The molecule has 2 aromatic rings. The lowest BCUT2D eigenvalue weighted by atomic mass is 9.88. The Hall–Kier alpha value is -3.91. The van der Waals surface area contributed by atoms with E-state index in [1.807, 2.05) is 24.3 Å². The summed E-state index contributed by atoms with van der Waals surface area (Å²) in [4.78, 5) is 20.9. The molecule has 1 saturated heterocycles. The zero-order valence-electron chi connectivity index (χ0n) is 19.2. The Balaban J connectivity index is 1.62. The summed E-state index contributed by atoms with van der Waals surface area (Å²) in [5.41, 5.74) is 8.11. The maximum absolute atomic E-state index is 13.5. The maximum atomic E-state index is 13.5. The molecule has 0 aliphatic carbocycles. The normalized spacial score (nSPS) is 20.3. The van der Waals surface area contributed by atoms with E-state index >= 15 is 0 Å². The van der Waals surface area contributed by atoms with Gasteiger partial charge in [0.15, 0.2) is 0 Å². The fraction of sp³-hybridized carbons (Fsp3) is 0.231. The van der Waals surface area contributed by atoms with Crippen LogP contribution in [0.1, 0.15) is 18.1 Å². The van der Waals surface area contributed by atoms with Crippen LogP contribution in [0.2, 0.25) is 0 Å². The van der Waals surface area contributed by atoms with Crippen LogP contribution >= 0.6 is 0 Å². The highest BCUT2D eigenvalue weighted by Crippen LogP contribution is 2.37. The minimum absolute atomic E-state index is 0.0240. The molecule has 7 nitrogen and oxygen atoms in total. The number of anilines is 1. The van der Waals surface area contributed by atoms with Gasteiger partial charge in [0.25, 0.3) is 5.91 Å². The van der Waals surface area contributed by atoms with E-state index in [9.17, 15) is 9.18 Å². The molecule has 1 unspecified atom stereocenters. The van der Waals surface area contributed by atoms with Crippen LogP contribution in [0.3, 0.4) is 0 Å². The third kappa shape index (κ3) is 4.32. The van der Waals surface area contributed by atoms with Crippen LogP contribution in [0.15, 0.2) is 78.2 Å². The van der Waals surface area contributed by atoms with Crippen molar-refractivity contribution in [2.75, 3.05) is 31.8 Å². The molecule has 0 aromatic heterocycles. The first kappa shape index (κ1) is 23.3. The molecule has 1 atom stereocenters. The summed E-state index contributed by atoms with van der Waals surface area (Å²) in [6.07, 6.45) is 7.08. The number of methoxy groups -OCH3 is 1. The van der Waals surface area contributed by atoms with Crippen molar-refractivity contribution in [3.63, 3.8) is 0 Å². The molecule has 2 N–H and O–H groups in total. The third-order valence-electron chi connectivity index (χ3n) is 5.80. The minimum atomic E-state index is -0.777. The lowest BCUT2D eigenvalue weighted by Gasteiger charge is -2.41. The fourth-order valence-electron chi connectivity index (χ4n) is 4.23. The monoisotopic (exact) mass is 462 g/mol. The highest BCUT2D eigenvalue weighted by molar-refractivity contribution is 6.09. The number of morpholine rings is 1. The number of nitrogens with zero attached hydrogens (tertiary/aromatic N) is 3. The molecule has 0 radical (unpaired) electrons. The molecule has 0 spiro atoms. The van der Waals surface area contributed by atoms with Crippen molar-refractivity contribution in [2.45, 2.75) is 12.5 Å². The first-order valence-corrected chi connectivity index (χ1v) is 10.8. The summed E-state index contributed by atoms with van der Waals surface area (Å²) in [6, 6.07) is 11.8. The van der Waals surface area contributed by atoms with Gasteiger partial charge in [0.05, 0.1) is 25.9 Å². The number of amidine groups is 1. The van der Waals surface area contributed by atoms with Crippen LogP contribution in [0.4, 0.5) is 10.1 Å². The summed E-state index contributed by atoms with van der Waals surface area (Å²) >= 11 is 0. The van der Waals surface area contributed by atoms with E-state index in [4.69, 9.17) is 15.2 Å². The van der Waals surface area contributed by atoms with Gasteiger partial charge >= 0.3 is 0 Å². The number of hydrogen-bond acceptors (Lipinski definition) is 6. The van der Waals surface area contributed by atoms with Gasteiger partial charge in [-0.15, -0.1) is 0 Å². The van der Waals surface area contributed by atoms with Gasteiger partial charge in [-0.3, -0.25) is 14.7 Å². The van der Waals surface area contributed by atoms with Gasteiger partial charge in [0, 0.05) is 18.1 Å². The van der Waals surface area contributed by atoms with E-state index in [1.165, 1.54) is 12.1 Å². The number of carbonyl (C=O) groups is 1. The molecule has 176 valence electrons. The van der Waals surface area contributed by atoms with Gasteiger partial charge < -0.3 is 20.1 Å². The third-order valence-corrected chi connectivity index (χ3v) is 5.80. The molecular weight excluding hydrogens is 435 g/mol. The number of fused-ring (bicyclic) bond motifs is 1. The largest absolute Gasteiger partial charge is 0.495 e. The maximum Gasteiger partial charge on any atom is 0.255 e. The number of ether oxygens (including phenoxy) is 2. The predicted octanol–water partition coefficient (Wildman–Crippen LogP) is 3.78. The highest BCUT2D eigenvalue weighted by atomic mass is 19.1. The van der Waals surface area contributed by atoms with Gasteiger partial charge in [-0.25, -0.2) is 4.39 Å². The summed E-state index contributed by atoms with van der Waals surface area (Å²) in [6.45, 7) is 6.23. The van der Waals surface area contributed by atoms with Gasteiger partial charge in [0.1, 0.15) is 29.5 Å². The number of hydrogen-bond donors (Lipinski definition) is 1. The molecule has 1 amide bonds. The fourth-order valence-corrected chi connectivity index (χ4v) is 4.23. The summed E-state index contributed by atoms with van der Waals surface area (Å²) < 4.78 is 24.6. The summed E-state index contributed by atoms with van der Waals surface area (Å²) in [7, 11) is 1.59. The molecule has 0 saturated carbocycles. The Bertz CT molecular complexity index is 1190. The van der Waals surface area contributed by atoms with Gasteiger partial charge in [-0.2, -0.15) is 0 Å². The Labute approximate surface area is 198 Å². The molecular formula is C26H27FN4O3. The number of rotatable bonds is 7. The molecule has 1 fully saturated rings. The lowest BCUT2D eigenvalue weighted by molar-refractivity contribution is -0.148. The average molecular weight is 463 g/mol. The van der Waals surface area contributed by atoms with Crippen molar-refractivity contribution in [2.24, 2.45) is 10.7 Å². The average Bonchev–Trinajstić information content (AvgIpc) is 3.22. The van der Waals surface area contributed by atoms with E-state index in [1.54, 1.807) is 54.4 Å². The van der Waals surface area contributed by atoms with Crippen molar-refractivity contribution >= 4 is 23.5 Å². The first-order valence-electron chi connectivity index (χ1n) is 10.8. The number of nitrogens with two attached hydrogens (primary N) is 1. The van der Waals surface area contributed by atoms with Gasteiger partial charge in [-0.05, 0) is 48.4 Å². The minimum Gasteiger partial charge on any atom is -0.495 e. The van der Waals surface area contributed by atoms with Crippen LogP contribution in [0, 0.1) is 5.82 Å². The Morgan fingerprint density at radius 1 is 1.29 bits per heavy atom. The number of carbonyl (C=O) groups excluding carboxylic acids is 1. The summed E-state index contributed by atoms with van der Waals surface area (Å²) in [5, 5.41) is 0. The standard InChI is InChI=1S/C26H27FN4O3/c1-4-30(14-18(2)28)22-11-5-19(13-23(22)33-3)6-12-24-29-16-26(17-34-15-25(32)31(24)26)20-7-9-21(27)10-8-20/h4-14H,1,15-17,28H2,2-3H3/b12-6+,18-14-. The topological polar surface area (TPSA) is 80.4 Å². The SMILES string of the molecule is C=CN(/C=C(/C)N)c1ccc(/C=C/C2=NCC3(c4ccc(F)cc4)COCC(=O)N23)cc1OC. The van der Waals surface area contributed by atoms with E-state index < -0.39 is 5.54 Å². The van der Waals surface area contributed by atoms with Gasteiger partial charge in [0.2, 0.25) is 0 Å². The Morgan fingerprint density at radius 3 is 2.74 bits per heavy atom. The number of halogens is 1. The smallest absolute Gasteiger partial charge is 0.255 e. The van der Waals surface area contributed by atoms with Gasteiger partial charge in [-0.1, -0.05) is 30.9 Å². The summed E-state index contributed by atoms with van der Waals surface area (Å²) in [5.74, 6) is 0.652. The molecule has 0 bridgehead atoms.